The first-order valence-electron chi connectivity index (χ1n) is 10.9. The molecule has 0 saturated carbocycles. The zero-order valence-electron chi connectivity index (χ0n) is 17.9. The number of ether oxygens (including phenoxy) is 1. The molecular formula is C26H23Cl3N2O2. The largest absolute Gasteiger partial charge is 0.492 e. The number of hydrogen-bond acceptors (Lipinski definition) is 3. The van der Waals surface area contributed by atoms with Gasteiger partial charge in [-0.15, -0.1) is 0 Å². The van der Waals surface area contributed by atoms with Gasteiger partial charge < -0.3 is 4.74 Å². The van der Waals surface area contributed by atoms with Crippen molar-refractivity contribution in [1.82, 2.24) is 9.55 Å². The van der Waals surface area contributed by atoms with Crippen molar-refractivity contribution in [2.24, 2.45) is 0 Å². The first-order chi connectivity index (χ1) is 16.0. The van der Waals surface area contributed by atoms with Gasteiger partial charge in [-0.2, -0.15) is 0 Å². The van der Waals surface area contributed by atoms with Gasteiger partial charge in [0.15, 0.2) is 0 Å². The Morgan fingerprint density at radius 1 is 0.818 bits per heavy atom. The van der Waals surface area contributed by atoms with Crippen LogP contribution in [0, 0.1) is 0 Å². The van der Waals surface area contributed by atoms with Gasteiger partial charge >= 0.3 is 0 Å². The lowest BCUT2D eigenvalue weighted by Gasteiger charge is -2.14. The van der Waals surface area contributed by atoms with Crippen molar-refractivity contribution in [3.05, 3.63) is 92.2 Å². The van der Waals surface area contributed by atoms with E-state index in [1.807, 2.05) is 48.5 Å². The third-order valence-electron chi connectivity index (χ3n) is 5.39. The van der Waals surface area contributed by atoms with Crippen molar-refractivity contribution >= 4 is 45.7 Å². The van der Waals surface area contributed by atoms with Gasteiger partial charge in [-0.05, 0) is 61.4 Å². The average Bonchev–Trinajstić information content (AvgIpc) is 2.82. The maximum Gasteiger partial charge on any atom is 0.261 e. The third kappa shape index (κ3) is 5.89. The van der Waals surface area contributed by atoms with E-state index in [2.05, 4.69) is 0 Å². The average molecular weight is 502 g/mol. The first-order valence-corrected chi connectivity index (χ1v) is 12.0. The Hall–Kier alpha value is -2.53. The van der Waals surface area contributed by atoms with Gasteiger partial charge in [0.1, 0.15) is 11.6 Å². The first kappa shape index (κ1) is 23.6. The molecule has 4 rings (SSSR count). The van der Waals surface area contributed by atoms with Crippen LogP contribution in [0.3, 0.4) is 0 Å². The molecule has 33 heavy (non-hydrogen) atoms. The molecule has 0 fully saturated rings. The van der Waals surface area contributed by atoms with E-state index in [1.54, 1.807) is 22.8 Å². The molecule has 1 aromatic heterocycles. The van der Waals surface area contributed by atoms with Gasteiger partial charge in [-0.1, -0.05) is 59.8 Å². The molecule has 0 amide bonds. The molecule has 0 atom stereocenters. The maximum absolute atomic E-state index is 13.2. The summed E-state index contributed by atoms with van der Waals surface area (Å²) in [6, 6.07) is 20.1. The van der Waals surface area contributed by atoms with Gasteiger partial charge in [-0.3, -0.25) is 9.36 Å². The zero-order valence-corrected chi connectivity index (χ0v) is 20.2. The zero-order chi connectivity index (χ0) is 23.2. The minimum absolute atomic E-state index is 0.0236. The van der Waals surface area contributed by atoms with Gasteiger partial charge in [0.2, 0.25) is 0 Å². The number of hydrogen-bond donors (Lipinski definition) is 0. The van der Waals surface area contributed by atoms with Crippen LogP contribution in [0.2, 0.25) is 15.1 Å². The highest BCUT2D eigenvalue weighted by molar-refractivity contribution is 6.34. The number of aromatic nitrogens is 2. The fraction of sp³-hybridized carbons (Fsp3) is 0.231. The van der Waals surface area contributed by atoms with Crippen LogP contribution in [0.1, 0.15) is 25.7 Å². The predicted molar refractivity (Wildman–Crippen MR) is 137 cm³/mol. The standard InChI is InChI=1S/C26H23Cl3N2O2/c27-19-11-9-18(10-12-19)25-30-23-8-4-3-7-21(23)26(32)31(25)15-5-1-2-6-16-33-24-17-20(28)13-14-22(24)29/h3-4,7-14,17H,1-2,5-6,15-16H2. The molecule has 0 spiro atoms. The number of benzene rings is 3. The minimum atomic E-state index is -0.0236. The highest BCUT2D eigenvalue weighted by atomic mass is 35.5. The fourth-order valence-electron chi connectivity index (χ4n) is 3.69. The molecule has 3 aromatic carbocycles. The summed E-state index contributed by atoms with van der Waals surface area (Å²) >= 11 is 18.2. The smallest absolute Gasteiger partial charge is 0.261 e. The summed E-state index contributed by atoms with van der Waals surface area (Å²) in [7, 11) is 0. The number of rotatable bonds is 9. The molecule has 0 saturated heterocycles. The number of halogens is 3. The summed E-state index contributed by atoms with van der Waals surface area (Å²) < 4.78 is 7.52. The lowest BCUT2D eigenvalue weighted by molar-refractivity contribution is 0.304. The quantitative estimate of drug-likeness (QED) is 0.221. The Morgan fingerprint density at radius 2 is 1.55 bits per heavy atom. The fourth-order valence-corrected chi connectivity index (χ4v) is 4.15. The van der Waals surface area contributed by atoms with Crippen LogP contribution in [-0.2, 0) is 6.54 Å². The van der Waals surface area contributed by atoms with E-state index in [9.17, 15) is 4.79 Å². The molecule has 0 N–H and O–H groups in total. The van der Waals surface area contributed by atoms with Gasteiger partial charge in [0.05, 0.1) is 22.5 Å². The van der Waals surface area contributed by atoms with E-state index < -0.39 is 0 Å². The molecule has 0 unspecified atom stereocenters. The molecule has 0 radical (unpaired) electrons. The SMILES string of the molecule is O=c1c2ccccc2nc(-c2ccc(Cl)cc2)n1CCCCCCOc1cc(Cl)ccc1Cl. The van der Waals surface area contributed by atoms with Crippen molar-refractivity contribution in [3.63, 3.8) is 0 Å². The van der Waals surface area contributed by atoms with Gasteiger partial charge in [0.25, 0.3) is 5.56 Å². The Bertz CT molecular complexity index is 1300. The molecule has 0 aliphatic carbocycles. The second kappa shape index (κ2) is 11.1. The Balaban J connectivity index is 1.40. The van der Waals surface area contributed by atoms with Crippen molar-refractivity contribution < 1.29 is 4.74 Å². The monoisotopic (exact) mass is 500 g/mol. The normalized spacial score (nSPS) is 11.1. The summed E-state index contributed by atoms with van der Waals surface area (Å²) in [4.78, 5) is 18.0. The highest BCUT2D eigenvalue weighted by Crippen LogP contribution is 2.28. The maximum atomic E-state index is 13.2. The van der Waals surface area contributed by atoms with Crippen LogP contribution in [0.4, 0.5) is 0 Å². The van der Waals surface area contributed by atoms with E-state index in [4.69, 9.17) is 44.5 Å². The lowest BCUT2D eigenvalue weighted by Crippen LogP contribution is -2.23. The highest BCUT2D eigenvalue weighted by Gasteiger charge is 2.12. The van der Waals surface area contributed by atoms with Crippen molar-refractivity contribution in [2.45, 2.75) is 32.2 Å². The lowest BCUT2D eigenvalue weighted by atomic mass is 10.1. The van der Waals surface area contributed by atoms with Crippen molar-refractivity contribution in [1.29, 1.82) is 0 Å². The molecule has 1 heterocycles. The van der Waals surface area contributed by atoms with E-state index in [1.165, 1.54) is 0 Å². The molecule has 4 aromatic rings. The van der Waals surface area contributed by atoms with Crippen LogP contribution in [0.15, 0.2) is 71.5 Å². The van der Waals surface area contributed by atoms with Crippen LogP contribution in [-0.4, -0.2) is 16.2 Å². The summed E-state index contributed by atoms with van der Waals surface area (Å²) in [5, 5.41) is 2.43. The minimum Gasteiger partial charge on any atom is -0.492 e. The van der Waals surface area contributed by atoms with Gasteiger partial charge in [0, 0.05) is 28.2 Å². The second-order valence-corrected chi connectivity index (χ2v) is 9.03. The summed E-state index contributed by atoms with van der Waals surface area (Å²) in [5.74, 6) is 1.26. The third-order valence-corrected chi connectivity index (χ3v) is 6.19. The van der Waals surface area contributed by atoms with E-state index in [-0.39, 0.29) is 5.56 Å². The van der Waals surface area contributed by atoms with Crippen LogP contribution in [0.25, 0.3) is 22.3 Å². The predicted octanol–water partition coefficient (Wildman–Crippen LogP) is 7.66. The Morgan fingerprint density at radius 3 is 2.36 bits per heavy atom. The Kier molecular flexibility index (Phi) is 7.92. The molecule has 170 valence electrons. The van der Waals surface area contributed by atoms with Crippen molar-refractivity contribution in [3.8, 4) is 17.1 Å². The molecule has 0 aliphatic rings. The summed E-state index contributed by atoms with van der Waals surface area (Å²) in [6.45, 7) is 1.16. The topological polar surface area (TPSA) is 44.1 Å². The molecular weight excluding hydrogens is 479 g/mol. The molecule has 0 aliphatic heterocycles. The van der Waals surface area contributed by atoms with Crippen molar-refractivity contribution in [2.75, 3.05) is 6.61 Å². The summed E-state index contributed by atoms with van der Waals surface area (Å²) in [5.41, 5.74) is 1.54. The number of unbranched alkanes of at least 4 members (excludes halogenated alkanes) is 3. The molecule has 0 bridgehead atoms. The molecule has 7 heteroatoms. The van der Waals surface area contributed by atoms with E-state index >= 15 is 0 Å². The van der Waals surface area contributed by atoms with Gasteiger partial charge in [-0.25, -0.2) is 4.98 Å². The van der Waals surface area contributed by atoms with E-state index in [0.29, 0.717) is 50.7 Å². The Labute approximate surface area is 207 Å². The number of para-hydroxylation sites is 1. The van der Waals surface area contributed by atoms with Crippen LogP contribution < -0.4 is 10.3 Å². The second-order valence-electron chi connectivity index (χ2n) is 7.75. The summed E-state index contributed by atoms with van der Waals surface area (Å²) in [6.07, 6.45) is 3.69. The van der Waals surface area contributed by atoms with E-state index in [0.717, 1.165) is 31.2 Å². The number of nitrogens with zero attached hydrogens (tertiary/aromatic N) is 2. The van der Waals surface area contributed by atoms with Crippen LogP contribution >= 0.6 is 34.8 Å². The number of fused-ring (bicyclic) bond motifs is 1. The van der Waals surface area contributed by atoms with Crippen LogP contribution in [0.5, 0.6) is 5.75 Å². The molecule has 4 nitrogen and oxygen atoms in total.